The molecule has 0 aliphatic rings. The molecule has 0 unspecified atom stereocenters. The third kappa shape index (κ3) is 2.43. The lowest BCUT2D eigenvalue weighted by molar-refractivity contribution is 0.300. The molecule has 0 radical (unpaired) electrons. The van der Waals surface area contributed by atoms with E-state index in [0.29, 0.717) is 6.54 Å². The Balaban J connectivity index is 1.94. The molecular formula is C11H14N4O. The highest BCUT2D eigenvalue weighted by Crippen LogP contribution is 2.11. The summed E-state index contributed by atoms with van der Waals surface area (Å²) >= 11 is 0. The summed E-state index contributed by atoms with van der Waals surface area (Å²) in [7, 11) is 0. The van der Waals surface area contributed by atoms with Crippen molar-refractivity contribution >= 4 is 0 Å². The number of nitrogens with zero attached hydrogens (tertiary/aromatic N) is 3. The molecule has 0 spiro atoms. The lowest BCUT2D eigenvalue weighted by Crippen LogP contribution is -2.18. The maximum Gasteiger partial charge on any atom is 0.121 e. The Morgan fingerprint density at radius 3 is 2.69 bits per heavy atom. The van der Waals surface area contributed by atoms with Gasteiger partial charge in [0.25, 0.3) is 0 Å². The molecule has 0 saturated carbocycles. The molecule has 0 fully saturated rings. The average molecular weight is 218 g/mol. The smallest absolute Gasteiger partial charge is 0.121 e. The molecule has 5 heteroatoms. The Morgan fingerprint density at radius 1 is 1.31 bits per heavy atom. The van der Waals surface area contributed by atoms with Crippen molar-refractivity contribution in [2.75, 3.05) is 0 Å². The van der Waals surface area contributed by atoms with Crippen LogP contribution in [0.2, 0.25) is 0 Å². The van der Waals surface area contributed by atoms with E-state index in [1.807, 2.05) is 19.1 Å². The normalized spacial score (nSPS) is 12.6. The number of pyridine rings is 1. The summed E-state index contributed by atoms with van der Waals surface area (Å²) in [6, 6.07) is 4.23. The Labute approximate surface area is 93.9 Å². The SMILES string of the molecule is Cc1nonc1CN[C@@H](C)c1ccncc1. The fourth-order valence-electron chi connectivity index (χ4n) is 1.43. The van der Waals surface area contributed by atoms with Gasteiger partial charge in [-0.3, -0.25) is 4.98 Å². The van der Waals surface area contributed by atoms with Gasteiger partial charge in [0.05, 0.1) is 0 Å². The summed E-state index contributed by atoms with van der Waals surface area (Å²) in [4.78, 5) is 3.99. The summed E-state index contributed by atoms with van der Waals surface area (Å²) in [6.07, 6.45) is 3.58. The van der Waals surface area contributed by atoms with Gasteiger partial charge in [-0.15, -0.1) is 0 Å². The van der Waals surface area contributed by atoms with E-state index in [2.05, 4.69) is 32.2 Å². The number of aromatic nitrogens is 3. The van der Waals surface area contributed by atoms with Gasteiger partial charge in [-0.1, -0.05) is 10.3 Å². The first-order chi connectivity index (χ1) is 7.77. The van der Waals surface area contributed by atoms with Crippen molar-refractivity contribution in [2.24, 2.45) is 0 Å². The minimum atomic E-state index is 0.249. The molecule has 0 aliphatic carbocycles. The summed E-state index contributed by atoms with van der Waals surface area (Å²) < 4.78 is 4.63. The van der Waals surface area contributed by atoms with E-state index in [-0.39, 0.29) is 6.04 Å². The first-order valence-corrected chi connectivity index (χ1v) is 5.18. The van der Waals surface area contributed by atoms with Crippen LogP contribution in [-0.4, -0.2) is 15.3 Å². The number of hydrogen-bond acceptors (Lipinski definition) is 5. The molecule has 5 nitrogen and oxygen atoms in total. The van der Waals surface area contributed by atoms with Crippen molar-refractivity contribution in [2.45, 2.75) is 26.4 Å². The summed E-state index contributed by atoms with van der Waals surface area (Å²) in [6.45, 7) is 4.63. The van der Waals surface area contributed by atoms with Gasteiger partial charge in [0.1, 0.15) is 11.4 Å². The van der Waals surface area contributed by atoms with Gasteiger partial charge < -0.3 is 5.32 Å². The van der Waals surface area contributed by atoms with Crippen LogP contribution in [0.4, 0.5) is 0 Å². The average Bonchev–Trinajstić information content (AvgIpc) is 2.73. The first kappa shape index (κ1) is 10.8. The lowest BCUT2D eigenvalue weighted by atomic mass is 10.1. The second-order valence-corrected chi connectivity index (χ2v) is 3.68. The Morgan fingerprint density at radius 2 is 2.06 bits per heavy atom. The molecule has 2 heterocycles. The van der Waals surface area contributed by atoms with E-state index in [4.69, 9.17) is 0 Å². The Hall–Kier alpha value is -1.75. The lowest BCUT2D eigenvalue weighted by Gasteiger charge is -2.12. The number of nitrogens with one attached hydrogen (secondary N) is 1. The Bertz CT molecular complexity index is 440. The van der Waals surface area contributed by atoms with Gasteiger partial charge in [0, 0.05) is 25.0 Å². The second kappa shape index (κ2) is 4.85. The summed E-state index contributed by atoms with van der Waals surface area (Å²) in [5.74, 6) is 0. The molecule has 84 valence electrons. The van der Waals surface area contributed by atoms with E-state index < -0.39 is 0 Å². The molecule has 2 rings (SSSR count). The predicted molar refractivity (Wildman–Crippen MR) is 58.5 cm³/mol. The van der Waals surface area contributed by atoms with Crippen molar-refractivity contribution in [3.63, 3.8) is 0 Å². The molecule has 0 aromatic carbocycles. The van der Waals surface area contributed by atoms with E-state index in [0.717, 1.165) is 11.4 Å². The van der Waals surface area contributed by atoms with Crippen LogP contribution in [0.5, 0.6) is 0 Å². The van der Waals surface area contributed by atoms with Crippen molar-refractivity contribution in [3.8, 4) is 0 Å². The summed E-state index contributed by atoms with van der Waals surface area (Å²) in [5, 5.41) is 10.9. The molecule has 16 heavy (non-hydrogen) atoms. The van der Waals surface area contributed by atoms with Crippen LogP contribution < -0.4 is 5.32 Å². The van der Waals surface area contributed by atoms with Crippen LogP contribution in [-0.2, 0) is 6.54 Å². The fraction of sp³-hybridized carbons (Fsp3) is 0.364. The zero-order chi connectivity index (χ0) is 11.4. The molecule has 0 saturated heterocycles. The molecule has 0 amide bonds. The highest BCUT2D eigenvalue weighted by Gasteiger charge is 2.08. The zero-order valence-electron chi connectivity index (χ0n) is 9.34. The van der Waals surface area contributed by atoms with E-state index >= 15 is 0 Å². The van der Waals surface area contributed by atoms with Crippen LogP contribution in [0.15, 0.2) is 29.2 Å². The fourth-order valence-corrected chi connectivity index (χ4v) is 1.43. The minimum Gasteiger partial charge on any atom is -0.304 e. The van der Waals surface area contributed by atoms with Gasteiger partial charge in [0.2, 0.25) is 0 Å². The monoisotopic (exact) mass is 218 g/mol. The van der Waals surface area contributed by atoms with Gasteiger partial charge in [0.15, 0.2) is 0 Å². The maximum absolute atomic E-state index is 4.63. The van der Waals surface area contributed by atoms with Crippen LogP contribution in [0.3, 0.4) is 0 Å². The van der Waals surface area contributed by atoms with Gasteiger partial charge in [-0.2, -0.15) is 0 Å². The van der Waals surface area contributed by atoms with E-state index in [1.165, 1.54) is 5.56 Å². The second-order valence-electron chi connectivity index (χ2n) is 3.68. The van der Waals surface area contributed by atoms with Crippen molar-refractivity contribution in [1.82, 2.24) is 20.6 Å². The molecular weight excluding hydrogens is 204 g/mol. The van der Waals surface area contributed by atoms with Crippen LogP contribution >= 0.6 is 0 Å². The minimum absolute atomic E-state index is 0.249. The highest BCUT2D eigenvalue weighted by molar-refractivity contribution is 5.14. The van der Waals surface area contributed by atoms with Gasteiger partial charge >= 0.3 is 0 Å². The van der Waals surface area contributed by atoms with Crippen molar-refractivity contribution in [3.05, 3.63) is 41.5 Å². The topological polar surface area (TPSA) is 63.8 Å². The Kier molecular flexibility index (Phi) is 3.26. The van der Waals surface area contributed by atoms with Crippen LogP contribution in [0, 0.1) is 6.92 Å². The quantitative estimate of drug-likeness (QED) is 0.844. The third-order valence-corrected chi connectivity index (χ3v) is 2.53. The molecule has 2 aromatic heterocycles. The largest absolute Gasteiger partial charge is 0.304 e. The van der Waals surface area contributed by atoms with Crippen molar-refractivity contribution < 1.29 is 4.63 Å². The number of aryl methyl sites for hydroxylation is 1. The van der Waals surface area contributed by atoms with Gasteiger partial charge in [-0.25, -0.2) is 4.63 Å². The van der Waals surface area contributed by atoms with E-state index in [1.54, 1.807) is 12.4 Å². The van der Waals surface area contributed by atoms with Crippen LogP contribution in [0.25, 0.3) is 0 Å². The molecule has 1 atom stereocenters. The van der Waals surface area contributed by atoms with Gasteiger partial charge in [-0.05, 0) is 31.5 Å². The third-order valence-electron chi connectivity index (χ3n) is 2.53. The number of hydrogen-bond donors (Lipinski definition) is 1. The number of rotatable bonds is 4. The molecule has 2 aromatic rings. The summed E-state index contributed by atoms with van der Waals surface area (Å²) in [5.41, 5.74) is 2.87. The highest BCUT2D eigenvalue weighted by atomic mass is 16.6. The molecule has 1 N–H and O–H groups in total. The van der Waals surface area contributed by atoms with Crippen molar-refractivity contribution in [1.29, 1.82) is 0 Å². The standard InChI is InChI=1S/C11H14N4O/c1-8(10-3-5-12-6-4-10)13-7-11-9(2)14-16-15-11/h3-6,8,13H,7H2,1-2H3/t8-/m0/s1. The first-order valence-electron chi connectivity index (χ1n) is 5.18. The molecule has 0 aliphatic heterocycles. The van der Waals surface area contributed by atoms with E-state index in [9.17, 15) is 0 Å². The molecule has 0 bridgehead atoms. The maximum atomic E-state index is 4.63. The van der Waals surface area contributed by atoms with Crippen LogP contribution in [0.1, 0.15) is 29.9 Å². The zero-order valence-corrected chi connectivity index (χ0v) is 9.34. The predicted octanol–water partition coefficient (Wildman–Crippen LogP) is 1.62.